The number of aromatic nitrogens is 4. The van der Waals surface area contributed by atoms with Crippen molar-refractivity contribution in [3.05, 3.63) is 15.5 Å². The molecule has 0 saturated heterocycles. The third-order valence-electron chi connectivity index (χ3n) is 2.26. The fraction of sp³-hybridized carbons (Fsp3) is 0.500. The molecule has 2 aromatic heterocycles. The van der Waals surface area contributed by atoms with E-state index in [0.29, 0.717) is 10.7 Å². The van der Waals surface area contributed by atoms with Crippen molar-refractivity contribution >= 4 is 23.6 Å². The van der Waals surface area contributed by atoms with Crippen LogP contribution in [0, 0.1) is 4.77 Å². The summed E-state index contributed by atoms with van der Waals surface area (Å²) < 4.78 is 0.483. The van der Waals surface area contributed by atoms with Crippen molar-refractivity contribution in [2.45, 2.75) is 33.1 Å². The Morgan fingerprint density at radius 3 is 2.56 bits per heavy atom. The lowest BCUT2D eigenvalue weighted by molar-refractivity contribution is 0.823. The van der Waals surface area contributed by atoms with E-state index in [1.54, 1.807) is 11.3 Å². The highest BCUT2D eigenvalue weighted by molar-refractivity contribution is 7.71. The Kier molecular flexibility index (Phi) is 3.20. The molecule has 0 aliphatic heterocycles. The summed E-state index contributed by atoms with van der Waals surface area (Å²) in [6.07, 6.45) is 0.954. The smallest absolute Gasteiger partial charge is 0.213 e. The topological polar surface area (TPSA) is 57.4 Å². The average molecular weight is 254 g/mol. The van der Waals surface area contributed by atoms with E-state index in [1.807, 2.05) is 0 Å². The summed E-state index contributed by atoms with van der Waals surface area (Å²) in [4.78, 5) is 9.97. The van der Waals surface area contributed by atoms with Gasteiger partial charge in [0.05, 0.1) is 15.6 Å². The minimum atomic E-state index is 0.394. The standard InChI is InChI=1S/C10H14N4S2/c1-4-6-11-7(5(2)3)8(16-6)9-12-10(15)14-13-9/h5H,4H2,1-3H3,(H2,12,13,14,15). The zero-order valence-electron chi connectivity index (χ0n) is 9.50. The van der Waals surface area contributed by atoms with Gasteiger partial charge in [-0.05, 0) is 24.6 Å². The second kappa shape index (κ2) is 4.47. The van der Waals surface area contributed by atoms with Crippen LogP contribution >= 0.6 is 23.6 Å². The lowest BCUT2D eigenvalue weighted by Crippen LogP contribution is -1.92. The number of rotatable bonds is 3. The first-order valence-corrected chi connectivity index (χ1v) is 6.49. The number of thiazole rings is 1. The van der Waals surface area contributed by atoms with Gasteiger partial charge >= 0.3 is 0 Å². The van der Waals surface area contributed by atoms with Crippen LogP contribution in [0.15, 0.2) is 0 Å². The highest BCUT2D eigenvalue weighted by atomic mass is 32.1. The van der Waals surface area contributed by atoms with E-state index >= 15 is 0 Å². The van der Waals surface area contributed by atoms with Crippen molar-refractivity contribution in [3.8, 4) is 10.7 Å². The van der Waals surface area contributed by atoms with Gasteiger partial charge in [0.25, 0.3) is 0 Å². The highest BCUT2D eigenvalue weighted by Gasteiger charge is 2.16. The van der Waals surface area contributed by atoms with Gasteiger partial charge < -0.3 is 0 Å². The molecule has 0 radical (unpaired) electrons. The molecule has 6 heteroatoms. The molecule has 2 rings (SSSR count). The zero-order chi connectivity index (χ0) is 11.7. The molecule has 0 spiro atoms. The lowest BCUT2D eigenvalue weighted by atomic mass is 10.1. The molecule has 0 atom stereocenters. The second-order valence-electron chi connectivity index (χ2n) is 3.85. The molecule has 0 unspecified atom stereocenters. The normalized spacial score (nSPS) is 11.2. The van der Waals surface area contributed by atoms with Gasteiger partial charge in [0.1, 0.15) is 0 Å². The lowest BCUT2D eigenvalue weighted by Gasteiger charge is -2.01. The molecule has 0 aromatic carbocycles. The summed E-state index contributed by atoms with van der Waals surface area (Å²) in [5.74, 6) is 1.19. The number of hydrogen-bond acceptors (Lipinski definition) is 4. The SMILES string of the molecule is CCc1nc(C(C)C)c(-c2nc(=S)[nH][nH]2)s1. The maximum absolute atomic E-state index is 4.96. The Hall–Kier alpha value is -1.01. The van der Waals surface area contributed by atoms with Crippen molar-refractivity contribution in [1.29, 1.82) is 0 Å². The van der Waals surface area contributed by atoms with Crippen molar-refractivity contribution in [3.63, 3.8) is 0 Å². The molecule has 0 bridgehead atoms. The Morgan fingerprint density at radius 2 is 2.06 bits per heavy atom. The first-order valence-electron chi connectivity index (χ1n) is 5.26. The van der Waals surface area contributed by atoms with Crippen LogP contribution in [0.3, 0.4) is 0 Å². The molecule has 0 saturated carbocycles. The van der Waals surface area contributed by atoms with Gasteiger partial charge in [-0.2, -0.15) is 4.98 Å². The number of aryl methyl sites for hydroxylation is 1. The molecule has 2 aromatic rings. The molecular weight excluding hydrogens is 240 g/mol. The molecular formula is C10H14N4S2. The number of hydrogen-bond donors (Lipinski definition) is 2. The summed E-state index contributed by atoms with van der Waals surface area (Å²) in [5, 5.41) is 6.94. The van der Waals surface area contributed by atoms with E-state index in [2.05, 4.69) is 40.9 Å². The van der Waals surface area contributed by atoms with Gasteiger partial charge in [-0.3, -0.25) is 10.2 Å². The van der Waals surface area contributed by atoms with Crippen molar-refractivity contribution < 1.29 is 0 Å². The van der Waals surface area contributed by atoms with Crippen molar-refractivity contribution in [2.75, 3.05) is 0 Å². The van der Waals surface area contributed by atoms with Crippen LogP contribution in [0.25, 0.3) is 10.7 Å². The molecule has 2 heterocycles. The number of nitrogens with one attached hydrogen (secondary N) is 2. The average Bonchev–Trinajstić information content (AvgIpc) is 2.82. The maximum atomic E-state index is 4.96. The molecule has 0 amide bonds. The third-order valence-corrected chi connectivity index (χ3v) is 3.68. The van der Waals surface area contributed by atoms with E-state index < -0.39 is 0 Å². The van der Waals surface area contributed by atoms with Crippen LogP contribution in [0.5, 0.6) is 0 Å². The Labute approximate surface area is 103 Å². The Morgan fingerprint density at radius 1 is 1.31 bits per heavy atom. The largest absolute Gasteiger partial charge is 0.281 e. The van der Waals surface area contributed by atoms with Gasteiger partial charge in [-0.1, -0.05) is 20.8 Å². The molecule has 86 valence electrons. The van der Waals surface area contributed by atoms with Gasteiger partial charge in [0.15, 0.2) is 5.82 Å². The van der Waals surface area contributed by atoms with E-state index in [1.165, 1.54) is 0 Å². The number of aromatic amines is 2. The summed E-state index contributed by atoms with van der Waals surface area (Å²) in [5.41, 5.74) is 1.10. The quantitative estimate of drug-likeness (QED) is 0.826. The zero-order valence-corrected chi connectivity index (χ0v) is 11.1. The Bertz CT molecular complexity index is 535. The Balaban J connectivity index is 2.54. The summed E-state index contributed by atoms with van der Waals surface area (Å²) in [6, 6.07) is 0. The predicted molar refractivity (Wildman–Crippen MR) is 68.3 cm³/mol. The molecule has 2 N–H and O–H groups in total. The van der Waals surface area contributed by atoms with E-state index in [9.17, 15) is 0 Å². The summed E-state index contributed by atoms with van der Waals surface area (Å²) in [7, 11) is 0. The van der Waals surface area contributed by atoms with Crippen molar-refractivity contribution in [1.82, 2.24) is 20.2 Å². The van der Waals surface area contributed by atoms with Gasteiger partial charge in [-0.25, -0.2) is 4.98 Å². The van der Waals surface area contributed by atoms with Gasteiger partial charge in [0.2, 0.25) is 4.77 Å². The maximum Gasteiger partial charge on any atom is 0.213 e. The van der Waals surface area contributed by atoms with Crippen LogP contribution < -0.4 is 0 Å². The summed E-state index contributed by atoms with van der Waals surface area (Å²) in [6.45, 7) is 6.39. The van der Waals surface area contributed by atoms with Gasteiger partial charge in [-0.15, -0.1) is 11.3 Å². The van der Waals surface area contributed by atoms with E-state index in [0.717, 1.165) is 27.8 Å². The number of nitrogens with zero attached hydrogens (tertiary/aromatic N) is 2. The first-order chi connectivity index (χ1) is 7.61. The molecule has 0 aliphatic carbocycles. The van der Waals surface area contributed by atoms with E-state index in [-0.39, 0.29) is 0 Å². The minimum Gasteiger partial charge on any atom is -0.281 e. The fourth-order valence-corrected chi connectivity index (χ4v) is 2.71. The molecule has 16 heavy (non-hydrogen) atoms. The molecule has 4 nitrogen and oxygen atoms in total. The monoisotopic (exact) mass is 254 g/mol. The van der Waals surface area contributed by atoms with Crippen LogP contribution in [0.4, 0.5) is 0 Å². The first kappa shape index (κ1) is 11.5. The van der Waals surface area contributed by atoms with Gasteiger partial charge in [0, 0.05) is 0 Å². The highest BCUT2D eigenvalue weighted by Crippen LogP contribution is 2.32. The van der Waals surface area contributed by atoms with Crippen LogP contribution in [0.2, 0.25) is 0 Å². The van der Waals surface area contributed by atoms with E-state index in [4.69, 9.17) is 12.2 Å². The van der Waals surface area contributed by atoms with Crippen LogP contribution in [0.1, 0.15) is 37.4 Å². The third kappa shape index (κ3) is 2.08. The fourth-order valence-electron chi connectivity index (χ4n) is 1.47. The molecule has 0 aliphatic rings. The van der Waals surface area contributed by atoms with Crippen molar-refractivity contribution in [2.24, 2.45) is 0 Å². The minimum absolute atomic E-state index is 0.394. The van der Waals surface area contributed by atoms with Crippen LogP contribution in [-0.4, -0.2) is 20.2 Å². The molecule has 0 fully saturated rings. The summed E-state index contributed by atoms with van der Waals surface area (Å²) >= 11 is 6.65. The second-order valence-corrected chi connectivity index (χ2v) is 5.32. The number of H-pyrrole nitrogens is 2. The van der Waals surface area contributed by atoms with Crippen LogP contribution in [-0.2, 0) is 6.42 Å². The predicted octanol–water partition coefficient (Wildman–Crippen LogP) is 3.28.